The van der Waals surface area contributed by atoms with Crippen molar-refractivity contribution in [1.29, 1.82) is 0 Å². The third kappa shape index (κ3) is 1.68. The van der Waals surface area contributed by atoms with E-state index < -0.39 is 0 Å². The minimum absolute atomic E-state index is 0.575. The van der Waals surface area contributed by atoms with Gasteiger partial charge in [-0.15, -0.1) is 0 Å². The number of hydrogen-bond donors (Lipinski definition) is 2. The van der Waals surface area contributed by atoms with E-state index in [9.17, 15) is 0 Å². The molecule has 0 saturated carbocycles. The Morgan fingerprint density at radius 1 is 1.50 bits per heavy atom. The molecule has 0 aliphatic carbocycles. The largest absolute Gasteiger partial charge is 0.496 e. The lowest BCUT2D eigenvalue weighted by Gasteiger charge is -2.14. The first kappa shape index (κ1) is 9.34. The highest BCUT2D eigenvalue weighted by Crippen LogP contribution is 2.31. The molecule has 0 amide bonds. The molecule has 3 nitrogen and oxygen atoms in total. The van der Waals surface area contributed by atoms with Crippen LogP contribution in [0.3, 0.4) is 0 Å². The highest BCUT2D eigenvalue weighted by Gasteiger charge is 2.19. The second-order valence-corrected chi connectivity index (χ2v) is 3.69. The van der Waals surface area contributed by atoms with Gasteiger partial charge in [-0.05, 0) is 24.6 Å². The van der Waals surface area contributed by atoms with Crippen molar-refractivity contribution >= 4 is 5.69 Å². The molecule has 1 aliphatic rings. The number of nitrogen functional groups attached to an aromatic ring is 1. The van der Waals surface area contributed by atoms with E-state index in [4.69, 9.17) is 10.5 Å². The Morgan fingerprint density at radius 2 is 2.36 bits per heavy atom. The van der Waals surface area contributed by atoms with Crippen molar-refractivity contribution in [3.8, 4) is 5.75 Å². The van der Waals surface area contributed by atoms with Crippen molar-refractivity contribution in [2.45, 2.75) is 12.3 Å². The van der Waals surface area contributed by atoms with Crippen molar-refractivity contribution in [1.82, 2.24) is 5.32 Å². The summed E-state index contributed by atoms with van der Waals surface area (Å²) in [6.07, 6.45) is 1.18. The van der Waals surface area contributed by atoms with E-state index in [0.29, 0.717) is 5.92 Å². The first-order valence-electron chi connectivity index (χ1n) is 4.95. The van der Waals surface area contributed by atoms with Crippen molar-refractivity contribution in [3.63, 3.8) is 0 Å². The number of hydrogen-bond acceptors (Lipinski definition) is 3. The number of ether oxygens (including phenoxy) is 1. The van der Waals surface area contributed by atoms with Gasteiger partial charge >= 0.3 is 0 Å². The third-order valence-corrected chi connectivity index (χ3v) is 2.76. The summed E-state index contributed by atoms with van der Waals surface area (Å²) in [4.78, 5) is 0. The molecule has 1 unspecified atom stereocenters. The number of rotatable bonds is 2. The Balaban J connectivity index is 2.31. The van der Waals surface area contributed by atoms with Gasteiger partial charge in [-0.25, -0.2) is 0 Å². The predicted molar refractivity (Wildman–Crippen MR) is 57.6 cm³/mol. The Morgan fingerprint density at radius 3 is 3.00 bits per heavy atom. The molecule has 1 fully saturated rings. The van der Waals surface area contributed by atoms with Gasteiger partial charge in [0.15, 0.2) is 0 Å². The molecular weight excluding hydrogens is 176 g/mol. The maximum absolute atomic E-state index is 5.71. The molecule has 1 aliphatic heterocycles. The fraction of sp³-hybridized carbons (Fsp3) is 0.455. The van der Waals surface area contributed by atoms with Gasteiger partial charge in [0.2, 0.25) is 0 Å². The van der Waals surface area contributed by atoms with Crippen LogP contribution in [0.15, 0.2) is 18.2 Å². The average molecular weight is 192 g/mol. The molecule has 1 aromatic rings. The highest BCUT2D eigenvalue weighted by atomic mass is 16.5. The number of anilines is 1. The summed E-state index contributed by atoms with van der Waals surface area (Å²) in [5.41, 5.74) is 7.74. The second kappa shape index (κ2) is 3.88. The van der Waals surface area contributed by atoms with Gasteiger partial charge in [-0.1, -0.05) is 6.07 Å². The van der Waals surface area contributed by atoms with Crippen LogP contribution in [-0.2, 0) is 0 Å². The van der Waals surface area contributed by atoms with Gasteiger partial charge in [0.1, 0.15) is 5.75 Å². The van der Waals surface area contributed by atoms with E-state index in [1.165, 1.54) is 12.0 Å². The molecule has 1 aromatic carbocycles. The molecule has 1 heterocycles. The molecular formula is C11H16N2O. The van der Waals surface area contributed by atoms with Crippen LogP contribution in [0.1, 0.15) is 17.9 Å². The fourth-order valence-electron chi connectivity index (χ4n) is 1.99. The normalized spacial score (nSPS) is 21.1. The quantitative estimate of drug-likeness (QED) is 0.695. The standard InChI is InChI=1S/C11H16N2O/c1-14-11-6-9(12)2-3-10(11)8-4-5-13-7-8/h2-3,6,8,13H,4-5,7,12H2,1H3. The summed E-state index contributed by atoms with van der Waals surface area (Å²) in [7, 11) is 1.70. The van der Waals surface area contributed by atoms with Gasteiger partial charge in [-0.3, -0.25) is 0 Å². The SMILES string of the molecule is COc1cc(N)ccc1C1CCNC1. The Labute approximate surface area is 84.3 Å². The van der Waals surface area contributed by atoms with Crippen LogP contribution in [0.4, 0.5) is 5.69 Å². The van der Waals surface area contributed by atoms with Crippen molar-refractivity contribution in [2.24, 2.45) is 0 Å². The van der Waals surface area contributed by atoms with Gasteiger partial charge < -0.3 is 15.8 Å². The Hall–Kier alpha value is -1.22. The zero-order chi connectivity index (χ0) is 9.97. The van der Waals surface area contributed by atoms with Crippen LogP contribution in [0.2, 0.25) is 0 Å². The minimum Gasteiger partial charge on any atom is -0.496 e. The van der Waals surface area contributed by atoms with Gasteiger partial charge in [0, 0.05) is 24.2 Å². The van der Waals surface area contributed by atoms with Crippen molar-refractivity contribution < 1.29 is 4.74 Å². The zero-order valence-corrected chi connectivity index (χ0v) is 8.42. The summed E-state index contributed by atoms with van der Waals surface area (Å²) >= 11 is 0. The third-order valence-electron chi connectivity index (χ3n) is 2.76. The number of methoxy groups -OCH3 is 1. The van der Waals surface area contributed by atoms with E-state index in [-0.39, 0.29) is 0 Å². The molecule has 1 saturated heterocycles. The van der Waals surface area contributed by atoms with E-state index in [2.05, 4.69) is 11.4 Å². The highest BCUT2D eigenvalue weighted by molar-refractivity contribution is 5.50. The van der Waals surface area contributed by atoms with Crippen LogP contribution < -0.4 is 15.8 Å². The first-order chi connectivity index (χ1) is 6.81. The smallest absolute Gasteiger partial charge is 0.124 e. The Kier molecular flexibility index (Phi) is 2.59. The van der Waals surface area contributed by atoms with Crippen LogP contribution in [0.5, 0.6) is 5.75 Å². The van der Waals surface area contributed by atoms with E-state index in [1.54, 1.807) is 7.11 Å². The molecule has 1 atom stereocenters. The summed E-state index contributed by atoms with van der Waals surface area (Å²) in [6.45, 7) is 2.14. The van der Waals surface area contributed by atoms with E-state index >= 15 is 0 Å². The van der Waals surface area contributed by atoms with E-state index in [0.717, 1.165) is 24.5 Å². The first-order valence-corrected chi connectivity index (χ1v) is 4.95. The molecule has 0 bridgehead atoms. The second-order valence-electron chi connectivity index (χ2n) is 3.69. The molecule has 0 radical (unpaired) electrons. The van der Waals surface area contributed by atoms with Crippen LogP contribution in [0.25, 0.3) is 0 Å². The topological polar surface area (TPSA) is 47.3 Å². The summed E-state index contributed by atoms with van der Waals surface area (Å²) in [5, 5.41) is 3.35. The van der Waals surface area contributed by atoms with Crippen LogP contribution >= 0.6 is 0 Å². The van der Waals surface area contributed by atoms with Gasteiger partial charge in [-0.2, -0.15) is 0 Å². The summed E-state index contributed by atoms with van der Waals surface area (Å²) < 4.78 is 5.33. The van der Waals surface area contributed by atoms with Crippen LogP contribution in [0, 0.1) is 0 Å². The minimum atomic E-state index is 0.575. The number of nitrogens with two attached hydrogens (primary N) is 1. The lowest BCUT2D eigenvalue weighted by molar-refractivity contribution is 0.406. The van der Waals surface area contributed by atoms with E-state index in [1.807, 2.05) is 12.1 Å². The van der Waals surface area contributed by atoms with Gasteiger partial charge in [0.25, 0.3) is 0 Å². The molecule has 3 heteroatoms. The predicted octanol–water partition coefficient (Wildman–Crippen LogP) is 1.35. The van der Waals surface area contributed by atoms with Gasteiger partial charge in [0.05, 0.1) is 7.11 Å². The number of benzene rings is 1. The lowest BCUT2D eigenvalue weighted by Crippen LogP contribution is -2.08. The van der Waals surface area contributed by atoms with Crippen LogP contribution in [-0.4, -0.2) is 20.2 Å². The molecule has 2 rings (SSSR count). The molecule has 3 N–H and O–H groups in total. The Bertz CT molecular complexity index is 319. The maximum Gasteiger partial charge on any atom is 0.124 e. The average Bonchev–Trinajstić information content (AvgIpc) is 2.70. The summed E-state index contributed by atoms with van der Waals surface area (Å²) in [5.74, 6) is 1.49. The molecule has 0 aromatic heterocycles. The molecule has 76 valence electrons. The molecule has 0 spiro atoms. The number of nitrogens with one attached hydrogen (secondary N) is 1. The summed E-state index contributed by atoms with van der Waals surface area (Å²) in [6, 6.07) is 5.91. The monoisotopic (exact) mass is 192 g/mol. The molecule has 14 heavy (non-hydrogen) atoms. The van der Waals surface area contributed by atoms with Crippen molar-refractivity contribution in [3.05, 3.63) is 23.8 Å². The fourth-order valence-corrected chi connectivity index (χ4v) is 1.99. The van der Waals surface area contributed by atoms with Crippen molar-refractivity contribution in [2.75, 3.05) is 25.9 Å². The maximum atomic E-state index is 5.71. The lowest BCUT2D eigenvalue weighted by atomic mass is 9.97. The zero-order valence-electron chi connectivity index (χ0n) is 8.42.